The van der Waals surface area contributed by atoms with Crippen LogP contribution in [0.25, 0.3) is 0 Å². The number of likely N-dealkylation sites (tertiary alicyclic amines) is 1. The van der Waals surface area contributed by atoms with Crippen molar-refractivity contribution in [1.82, 2.24) is 24.8 Å². The van der Waals surface area contributed by atoms with Crippen LogP contribution in [-0.4, -0.2) is 50.3 Å². The summed E-state index contributed by atoms with van der Waals surface area (Å²) in [7, 11) is 0. The number of carbonyl (C=O) groups is 1. The molecule has 0 aliphatic carbocycles. The fourth-order valence-corrected chi connectivity index (χ4v) is 5.17. The van der Waals surface area contributed by atoms with E-state index in [1.165, 1.54) is 0 Å². The third-order valence-electron chi connectivity index (χ3n) is 6.13. The molecule has 5 heterocycles. The van der Waals surface area contributed by atoms with Crippen molar-refractivity contribution in [1.29, 1.82) is 0 Å². The van der Waals surface area contributed by atoms with E-state index in [0.717, 1.165) is 47.0 Å². The molecule has 7 nitrogen and oxygen atoms in total. The average molecular weight is 436 g/mol. The molecule has 8 heteroatoms. The molecule has 0 spiro atoms. The zero-order valence-electron chi connectivity index (χ0n) is 17.3. The molecule has 2 aliphatic rings. The van der Waals surface area contributed by atoms with E-state index in [1.54, 1.807) is 17.5 Å². The van der Waals surface area contributed by atoms with Crippen LogP contribution in [0.15, 0.2) is 46.8 Å². The van der Waals surface area contributed by atoms with E-state index in [0.29, 0.717) is 32.5 Å². The fourth-order valence-electron chi connectivity index (χ4n) is 4.48. The zero-order valence-corrected chi connectivity index (χ0v) is 18.1. The van der Waals surface area contributed by atoms with Crippen LogP contribution in [0, 0.1) is 0 Å². The molecule has 0 bridgehead atoms. The molecule has 1 amide bonds. The van der Waals surface area contributed by atoms with E-state index in [9.17, 15) is 9.59 Å². The summed E-state index contributed by atoms with van der Waals surface area (Å²) in [6.45, 7) is 3.62. The lowest BCUT2D eigenvalue weighted by atomic mass is 10.0. The SMILES string of the molecule is O=C(Cc1cccs1)N1CCC(c2nc3c(c(=O)[nH]2)CCN(Cc2cccnc2)C3)C1. The van der Waals surface area contributed by atoms with Gasteiger partial charge in [0, 0.05) is 61.5 Å². The van der Waals surface area contributed by atoms with Crippen LogP contribution in [0.5, 0.6) is 0 Å². The number of aromatic amines is 1. The van der Waals surface area contributed by atoms with Gasteiger partial charge in [-0.05, 0) is 35.9 Å². The Morgan fingerprint density at radius 2 is 2.19 bits per heavy atom. The van der Waals surface area contributed by atoms with E-state index in [1.807, 2.05) is 34.7 Å². The first-order chi connectivity index (χ1) is 15.2. The lowest BCUT2D eigenvalue weighted by Crippen LogP contribution is -2.36. The van der Waals surface area contributed by atoms with Crippen LogP contribution >= 0.6 is 11.3 Å². The topological polar surface area (TPSA) is 82.2 Å². The molecule has 3 aromatic rings. The molecule has 2 aliphatic heterocycles. The van der Waals surface area contributed by atoms with Gasteiger partial charge in [0.15, 0.2) is 0 Å². The first-order valence-corrected chi connectivity index (χ1v) is 11.6. The minimum absolute atomic E-state index is 0.0237. The highest BCUT2D eigenvalue weighted by Gasteiger charge is 2.30. The summed E-state index contributed by atoms with van der Waals surface area (Å²) in [6.07, 6.45) is 5.64. The fraction of sp³-hybridized carbons (Fsp3) is 0.391. The maximum atomic E-state index is 12.7. The molecular weight excluding hydrogens is 410 g/mol. The molecule has 0 radical (unpaired) electrons. The van der Waals surface area contributed by atoms with E-state index >= 15 is 0 Å². The number of aromatic nitrogens is 3. The molecule has 1 N–H and O–H groups in total. The maximum absolute atomic E-state index is 12.7. The van der Waals surface area contributed by atoms with Gasteiger partial charge in [-0.2, -0.15) is 0 Å². The number of pyridine rings is 1. The van der Waals surface area contributed by atoms with Gasteiger partial charge in [-0.1, -0.05) is 12.1 Å². The zero-order chi connectivity index (χ0) is 21.2. The molecule has 5 rings (SSSR count). The van der Waals surface area contributed by atoms with E-state index in [4.69, 9.17) is 4.98 Å². The summed E-state index contributed by atoms with van der Waals surface area (Å²) in [5.74, 6) is 0.949. The van der Waals surface area contributed by atoms with Crippen molar-refractivity contribution in [3.05, 3.63) is 79.9 Å². The molecule has 1 unspecified atom stereocenters. The molecule has 1 saturated heterocycles. The Balaban J connectivity index is 1.28. The Kier molecular flexibility index (Phi) is 5.65. The molecule has 1 atom stereocenters. The van der Waals surface area contributed by atoms with E-state index in [2.05, 4.69) is 20.9 Å². The highest BCUT2D eigenvalue weighted by atomic mass is 32.1. The second kappa shape index (κ2) is 8.72. The first kappa shape index (κ1) is 20.1. The second-order valence-electron chi connectivity index (χ2n) is 8.28. The van der Waals surface area contributed by atoms with Gasteiger partial charge in [-0.25, -0.2) is 4.98 Å². The van der Waals surface area contributed by atoms with Crippen molar-refractivity contribution in [2.75, 3.05) is 19.6 Å². The van der Waals surface area contributed by atoms with Crippen LogP contribution in [0.2, 0.25) is 0 Å². The van der Waals surface area contributed by atoms with Crippen molar-refractivity contribution in [3.63, 3.8) is 0 Å². The van der Waals surface area contributed by atoms with Crippen molar-refractivity contribution in [2.24, 2.45) is 0 Å². The van der Waals surface area contributed by atoms with Gasteiger partial charge in [0.05, 0.1) is 12.1 Å². The van der Waals surface area contributed by atoms with Gasteiger partial charge in [0.2, 0.25) is 5.91 Å². The van der Waals surface area contributed by atoms with Gasteiger partial charge in [-0.3, -0.25) is 19.5 Å². The summed E-state index contributed by atoms with van der Waals surface area (Å²) in [6, 6.07) is 7.98. The molecule has 3 aromatic heterocycles. The van der Waals surface area contributed by atoms with Crippen LogP contribution in [0.1, 0.15) is 39.9 Å². The Bertz CT molecular complexity index is 1110. The lowest BCUT2D eigenvalue weighted by molar-refractivity contribution is -0.129. The number of H-pyrrole nitrogens is 1. The number of amides is 1. The van der Waals surface area contributed by atoms with Crippen molar-refractivity contribution < 1.29 is 4.79 Å². The van der Waals surface area contributed by atoms with Gasteiger partial charge >= 0.3 is 0 Å². The Morgan fingerprint density at radius 3 is 3.00 bits per heavy atom. The lowest BCUT2D eigenvalue weighted by Gasteiger charge is -2.28. The monoisotopic (exact) mass is 435 g/mol. The summed E-state index contributed by atoms with van der Waals surface area (Å²) in [5.41, 5.74) is 2.81. The number of carbonyl (C=O) groups excluding carboxylic acids is 1. The molecular formula is C23H25N5O2S. The smallest absolute Gasteiger partial charge is 0.254 e. The van der Waals surface area contributed by atoms with Crippen LogP contribution < -0.4 is 5.56 Å². The molecule has 1 fully saturated rings. The average Bonchev–Trinajstić information content (AvgIpc) is 3.46. The standard InChI is InChI=1S/C23H25N5O2S/c29-21(11-18-4-2-10-31-18)28-9-5-17(14-28)22-25-20-15-27(8-6-19(20)23(30)26-22)13-16-3-1-7-24-12-16/h1-4,7,10,12,17H,5-6,8-9,11,13-15H2,(H,25,26,30). The molecule has 31 heavy (non-hydrogen) atoms. The highest BCUT2D eigenvalue weighted by Crippen LogP contribution is 2.26. The molecule has 160 valence electrons. The number of nitrogens with zero attached hydrogens (tertiary/aromatic N) is 4. The number of hydrogen-bond acceptors (Lipinski definition) is 6. The normalized spacial score (nSPS) is 18.8. The molecule has 0 aromatic carbocycles. The second-order valence-corrected chi connectivity index (χ2v) is 9.31. The van der Waals surface area contributed by atoms with Gasteiger partial charge in [0.25, 0.3) is 5.56 Å². The first-order valence-electron chi connectivity index (χ1n) is 10.7. The number of hydrogen-bond donors (Lipinski definition) is 1. The third kappa shape index (κ3) is 4.45. The number of thiophene rings is 1. The van der Waals surface area contributed by atoms with Crippen molar-refractivity contribution in [3.8, 4) is 0 Å². The summed E-state index contributed by atoms with van der Waals surface area (Å²) < 4.78 is 0. The highest BCUT2D eigenvalue weighted by molar-refractivity contribution is 7.10. The van der Waals surface area contributed by atoms with Gasteiger partial charge < -0.3 is 9.88 Å². The Morgan fingerprint density at radius 1 is 1.26 bits per heavy atom. The van der Waals surface area contributed by atoms with Crippen LogP contribution in [-0.2, 0) is 30.7 Å². The van der Waals surface area contributed by atoms with Crippen LogP contribution in [0.3, 0.4) is 0 Å². The quantitative estimate of drug-likeness (QED) is 0.665. The minimum Gasteiger partial charge on any atom is -0.342 e. The maximum Gasteiger partial charge on any atom is 0.254 e. The predicted molar refractivity (Wildman–Crippen MR) is 119 cm³/mol. The van der Waals surface area contributed by atoms with Crippen molar-refractivity contribution >= 4 is 17.2 Å². The predicted octanol–water partition coefficient (Wildman–Crippen LogP) is 2.34. The van der Waals surface area contributed by atoms with Gasteiger partial charge in [-0.15, -0.1) is 11.3 Å². The minimum atomic E-state index is -0.0237. The van der Waals surface area contributed by atoms with Gasteiger partial charge in [0.1, 0.15) is 5.82 Å². The van der Waals surface area contributed by atoms with Crippen LogP contribution in [0.4, 0.5) is 0 Å². The summed E-state index contributed by atoms with van der Waals surface area (Å²) in [5, 5.41) is 1.99. The van der Waals surface area contributed by atoms with E-state index < -0.39 is 0 Å². The number of nitrogens with one attached hydrogen (secondary N) is 1. The number of fused-ring (bicyclic) bond motifs is 1. The summed E-state index contributed by atoms with van der Waals surface area (Å²) in [4.78, 5) is 42.7. The van der Waals surface area contributed by atoms with E-state index in [-0.39, 0.29) is 17.4 Å². The number of rotatable bonds is 5. The Hall–Kier alpha value is -2.84. The third-order valence-corrected chi connectivity index (χ3v) is 7.01. The molecule has 0 saturated carbocycles. The largest absolute Gasteiger partial charge is 0.342 e. The summed E-state index contributed by atoms with van der Waals surface area (Å²) >= 11 is 1.61. The Labute approximate surface area is 184 Å². The van der Waals surface area contributed by atoms with Crippen molar-refractivity contribution in [2.45, 2.75) is 38.3 Å².